The highest BCUT2D eigenvalue weighted by Crippen LogP contribution is 2.27. The largest absolute Gasteiger partial charge is 0.352 e. The van der Waals surface area contributed by atoms with E-state index < -0.39 is 28.5 Å². The highest BCUT2D eigenvalue weighted by molar-refractivity contribution is 7.92. The Morgan fingerprint density at radius 3 is 2.05 bits per heavy atom. The maximum Gasteiger partial charge on any atom is 0.264 e. The summed E-state index contributed by atoms with van der Waals surface area (Å²) in [6, 6.07) is 20.0. The van der Waals surface area contributed by atoms with Gasteiger partial charge in [-0.05, 0) is 74.1 Å². The third-order valence-corrected chi connectivity index (χ3v) is 9.58. The summed E-state index contributed by atoms with van der Waals surface area (Å²) in [4.78, 5) is 29.1. The average Bonchev–Trinajstić information content (AvgIpc) is 2.96. The summed E-state index contributed by atoms with van der Waals surface area (Å²) in [6.07, 6.45) is 1.07. The van der Waals surface area contributed by atoms with Crippen molar-refractivity contribution in [2.45, 2.75) is 83.8 Å². The number of rotatable bonds is 13. The van der Waals surface area contributed by atoms with Gasteiger partial charge in [0, 0.05) is 17.6 Å². The van der Waals surface area contributed by atoms with E-state index in [9.17, 15) is 18.0 Å². The normalized spacial score (nSPS) is 13.0. The molecule has 7 nitrogen and oxygen atoms in total. The van der Waals surface area contributed by atoms with Crippen LogP contribution in [-0.4, -0.2) is 43.8 Å². The second kappa shape index (κ2) is 14.7. The van der Waals surface area contributed by atoms with Crippen LogP contribution in [0.4, 0.5) is 5.69 Å². The lowest BCUT2D eigenvalue weighted by Crippen LogP contribution is -2.53. The fourth-order valence-electron chi connectivity index (χ4n) is 4.56. The summed E-state index contributed by atoms with van der Waals surface area (Å²) in [7, 11) is -4.13. The van der Waals surface area contributed by atoms with Crippen LogP contribution in [0.2, 0.25) is 5.02 Å². The third-order valence-electron chi connectivity index (χ3n) is 7.42. The van der Waals surface area contributed by atoms with E-state index in [1.54, 1.807) is 54.6 Å². The molecule has 0 spiro atoms. The second-order valence-corrected chi connectivity index (χ2v) is 13.2. The monoisotopic (exact) mass is 611 g/mol. The van der Waals surface area contributed by atoms with Gasteiger partial charge in [-0.1, -0.05) is 87.3 Å². The summed E-state index contributed by atoms with van der Waals surface area (Å²) < 4.78 is 29.2. The molecule has 0 aliphatic heterocycles. The summed E-state index contributed by atoms with van der Waals surface area (Å²) in [5.41, 5.74) is 2.99. The van der Waals surface area contributed by atoms with Crippen LogP contribution < -0.4 is 9.62 Å². The first-order chi connectivity index (χ1) is 19.9. The molecule has 9 heteroatoms. The van der Waals surface area contributed by atoms with Crippen molar-refractivity contribution >= 4 is 39.1 Å². The molecule has 0 heterocycles. The second-order valence-electron chi connectivity index (χ2n) is 10.9. The Balaban J connectivity index is 2.08. The van der Waals surface area contributed by atoms with Crippen molar-refractivity contribution in [2.75, 3.05) is 10.8 Å². The van der Waals surface area contributed by atoms with Gasteiger partial charge in [0.05, 0.1) is 10.6 Å². The van der Waals surface area contributed by atoms with Crippen molar-refractivity contribution in [3.05, 3.63) is 94.5 Å². The molecule has 226 valence electrons. The van der Waals surface area contributed by atoms with Gasteiger partial charge in [-0.2, -0.15) is 0 Å². The van der Waals surface area contributed by atoms with Crippen LogP contribution in [0.5, 0.6) is 0 Å². The molecule has 0 aliphatic carbocycles. The molecule has 0 saturated carbocycles. The SMILES string of the molecule is CC[C@@H](C)NC(=O)[C@@H](CC)N(Cc1ccccc1Cl)C(=O)CN(c1ccc(C(C)C)cc1)S(=O)(=O)c1ccc(C)cc1. The Morgan fingerprint density at radius 1 is 0.881 bits per heavy atom. The van der Waals surface area contributed by atoms with Crippen molar-refractivity contribution in [3.8, 4) is 0 Å². The number of carbonyl (C=O) groups excluding carboxylic acids is 2. The van der Waals surface area contributed by atoms with Gasteiger partial charge in [-0.3, -0.25) is 13.9 Å². The quantitative estimate of drug-likeness (QED) is 0.233. The zero-order valence-electron chi connectivity index (χ0n) is 25.3. The van der Waals surface area contributed by atoms with Gasteiger partial charge in [0.15, 0.2) is 0 Å². The molecule has 0 aromatic heterocycles. The smallest absolute Gasteiger partial charge is 0.264 e. The van der Waals surface area contributed by atoms with E-state index in [0.717, 1.165) is 21.9 Å². The highest BCUT2D eigenvalue weighted by atomic mass is 35.5. The number of hydrogen-bond donors (Lipinski definition) is 1. The van der Waals surface area contributed by atoms with Gasteiger partial charge >= 0.3 is 0 Å². The minimum Gasteiger partial charge on any atom is -0.352 e. The van der Waals surface area contributed by atoms with E-state index in [-0.39, 0.29) is 29.3 Å². The number of carbonyl (C=O) groups is 2. The topological polar surface area (TPSA) is 86.8 Å². The van der Waals surface area contributed by atoms with Gasteiger partial charge in [0.2, 0.25) is 11.8 Å². The fourth-order valence-corrected chi connectivity index (χ4v) is 6.17. The van der Waals surface area contributed by atoms with Crippen LogP contribution in [0.15, 0.2) is 77.7 Å². The first kappa shape index (κ1) is 33.1. The number of halogens is 1. The first-order valence-electron chi connectivity index (χ1n) is 14.4. The van der Waals surface area contributed by atoms with E-state index in [1.165, 1.54) is 4.90 Å². The van der Waals surface area contributed by atoms with Crippen LogP contribution >= 0.6 is 11.6 Å². The molecule has 3 aromatic carbocycles. The summed E-state index contributed by atoms with van der Waals surface area (Å²) in [5, 5.41) is 3.44. The molecule has 3 aromatic rings. The van der Waals surface area contributed by atoms with Gasteiger partial charge in [-0.25, -0.2) is 8.42 Å². The van der Waals surface area contributed by atoms with Crippen molar-refractivity contribution in [2.24, 2.45) is 0 Å². The Hall–Kier alpha value is -3.36. The molecular formula is C33H42ClN3O4S. The maximum absolute atomic E-state index is 14.2. The summed E-state index contributed by atoms with van der Waals surface area (Å²) >= 11 is 6.47. The van der Waals surface area contributed by atoms with E-state index in [1.807, 2.05) is 45.9 Å². The van der Waals surface area contributed by atoms with Crippen LogP contribution in [0.25, 0.3) is 0 Å². The number of anilines is 1. The summed E-state index contributed by atoms with van der Waals surface area (Å²) in [6.45, 7) is 11.3. The van der Waals surface area contributed by atoms with Crippen LogP contribution in [0, 0.1) is 6.92 Å². The number of aryl methyl sites for hydroxylation is 1. The zero-order valence-corrected chi connectivity index (χ0v) is 26.9. The van der Waals surface area contributed by atoms with E-state index in [4.69, 9.17) is 11.6 Å². The van der Waals surface area contributed by atoms with Gasteiger partial charge in [0.1, 0.15) is 12.6 Å². The van der Waals surface area contributed by atoms with Gasteiger partial charge < -0.3 is 10.2 Å². The Labute approximate surface area is 255 Å². The van der Waals surface area contributed by atoms with Crippen LogP contribution in [0.3, 0.4) is 0 Å². The predicted octanol–water partition coefficient (Wildman–Crippen LogP) is 6.69. The predicted molar refractivity (Wildman–Crippen MR) is 170 cm³/mol. The molecule has 3 rings (SSSR count). The minimum atomic E-state index is -4.13. The molecular weight excluding hydrogens is 570 g/mol. The lowest BCUT2D eigenvalue weighted by atomic mass is 10.0. The standard InChI is InChI=1S/C33H42ClN3O4S/c1-7-25(6)35-33(39)31(8-2)36(21-27-11-9-10-12-30(27)34)32(38)22-37(28-17-15-26(16-18-28)23(3)4)42(40,41)29-19-13-24(5)14-20-29/h9-20,23,25,31H,7-8,21-22H2,1-6H3,(H,35,39)/t25-,31-/m1/s1. The van der Waals surface area contributed by atoms with Crippen LogP contribution in [0.1, 0.15) is 70.1 Å². The fraction of sp³-hybridized carbons (Fsp3) is 0.394. The van der Waals surface area contributed by atoms with E-state index >= 15 is 0 Å². The van der Waals surface area contributed by atoms with Crippen molar-refractivity contribution < 1.29 is 18.0 Å². The number of nitrogens with zero attached hydrogens (tertiary/aromatic N) is 2. The summed E-state index contributed by atoms with van der Waals surface area (Å²) in [5.74, 6) is -0.547. The molecule has 0 fully saturated rings. The number of nitrogens with one attached hydrogen (secondary N) is 1. The number of amides is 2. The average molecular weight is 612 g/mol. The molecule has 0 bridgehead atoms. The molecule has 0 saturated heterocycles. The van der Waals surface area contributed by atoms with Crippen LogP contribution in [-0.2, 0) is 26.2 Å². The van der Waals surface area contributed by atoms with Crippen molar-refractivity contribution in [3.63, 3.8) is 0 Å². The number of hydrogen-bond acceptors (Lipinski definition) is 4. The molecule has 42 heavy (non-hydrogen) atoms. The zero-order chi connectivity index (χ0) is 31.0. The Bertz CT molecular complexity index is 1460. The number of benzene rings is 3. The van der Waals surface area contributed by atoms with Gasteiger partial charge in [0.25, 0.3) is 10.0 Å². The first-order valence-corrected chi connectivity index (χ1v) is 16.2. The third kappa shape index (κ3) is 8.13. The minimum absolute atomic E-state index is 0.0512. The Kier molecular flexibility index (Phi) is 11.6. The molecule has 0 aliphatic rings. The maximum atomic E-state index is 14.2. The number of sulfonamides is 1. The van der Waals surface area contributed by atoms with E-state index in [0.29, 0.717) is 22.7 Å². The molecule has 0 unspecified atom stereocenters. The lowest BCUT2D eigenvalue weighted by molar-refractivity contribution is -0.140. The molecule has 2 amide bonds. The van der Waals surface area contributed by atoms with Gasteiger partial charge in [-0.15, -0.1) is 0 Å². The molecule has 1 N–H and O–H groups in total. The lowest BCUT2D eigenvalue weighted by Gasteiger charge is -2.34. The Morgan fingerprint density at radius 2 is 1.50 bits per heavy atom. The van der Waals surface area contributed by atoms with Crippen molar-refractivity contribution in [1.29, 1.82) is 0 Å². The molecule has 2 atom stereocenters. The highest BCUT2D eigenvalue weighted by Gasteiger charge is 2.34. The van der Waals surface area contributed by atoms with E-state index in [2.05, 4.69) is 19.2 Å². The molecule has 0 radical (unpaired) electrons. The van der Waals surface area contributed by atoms with Crippen molar-refractivity contribution in [1.82, 2.24) is 10.2 Å².